The van der Waals surface area contributed by atoms with Crippen LogP contribution >= 0.6 is 0 Å². The van der Waals surface area contributed by atoms with E-state index in [1.54, 1.807) is 0 Å². The highest BCUT2D eigenvalue weighted by Crippen LogP contribution is 2.40. The van der Waals surface area contributed by atoms with Gasteiger partial charge in [-0.15, -0.1) is 0 Å². The van der Waals surface area contributed by atoms with Crippen molar-refractivity contribution in [3.8, 4) is 16.9 Å². The van der Waals surface area contributed by atoms with Crippen molar-refractivity contribution in [2.24, 2.45) is 16.8 Å². The number of rotatable bonds is 5. The zero-order valence-corrected chi connectivity index (χ0v) is 18.7. The smallest absolute Gasteiger partial charge is 0.206 e. The number of nitrogens with two attached hydrogens (primary N) is 1. The van der Waals surface area contributed by atoms with Crippen molar-refractivity contribution in [3.63, 3.8) is 0 Å². The molecule has 0 radical (unpaired) electrons. The van der Waals surface area contributed by atoms with Crippen LogP contribution in [-0.2, 0) is 0 Å². The zero-order valence-electron chi connectivity index (χ0n) is 18.7. The number of hydrazone groups is 1. The highest BCUT2D eigenvalue weighted by molar-refractivity contribution is 6.17. The van der Waals surface area contributed by atoms with Gasteiger partial charge in [0.1, 0.15) is 0 Å². The summed E-state index contributed by atoms with van der Waals surface area (Å²) >= 11 is 0. The number of nitrogens with zero attached hydrogens (tertiary/aromatic N) is 2. The van der Waals surface area contributed by atoms with Crippen LogP contribution < -0.4 is 11.2 Å². The van der Waals surface area contributed by atoms with E-state index in [0.717, 1.165) is 52.0 Å². The SMILES string of the molecule is N=C(N)N/N=C(/c1c(-c2ccccc2)n(-c2ccccc2)c2ccccc12)C1CCCCC1. The van der Waals surface area contributed by atoms with Crippen molar-refractivity contribution in [1.82, 2.24) is 9.99 Å². The highest BCUT2D eigenvalue weighted by Gasteiger charge is 2.29. The maximum absolute atomic E-state index is 7.74. The fraction of sp³-hybridized carbons (Fsp3) is 0.214. The number of para-hydroxylation sites is 2. The van der Waals surface area contributed by atoms with Crippen LogP contribution in [0.1, 0.15) is 37.7 Å². The number of fused-ring (bicyclic) bond motifs is 1. The molecule has 0 unspecified atom stereocenters. The van der Waals surface area contributed by atoms with Gasteiger partial charge in [0, 0.05) is 22.6 Å². The van der Waals surface area contributed by atoms with Crippen LogP contribution in [0, 0.1) is 11.3 Å². The monoisotopic (exact) mass is 435 g/mol. The largest absolute Gasteiger partial charge is 0.369 e. The Bertz CT molecular complexity index is 1280. The Balaban J connectivity index is 1.86. The summed E-state index contributed by atoms with van der Waals surface area (Å²) in [5.74, 6) is 0.180. The molecular formula is C28H29N5. The highest BCUT2D eigenvalue weighted by atomic mass is 15.3. The summed E-state index contributed by atoms with van der Waals surface area (Å²) in [6.07, 6.45) is 5.85. The number of hydrogen-bond acceptors (Lipinski definition) is 2. The molecule has 0 bridgehead atoms. The van der Waals surface area contributed by atoms with E-state index in [4.69, 9.17) is 16.2 Å². The molecule has 5 rings (SSSR count). The first-order chi connectivity index (χ1) is 16.2. The summed E-state index contributed by atoms with van der Waals surface area (Å²) in [4.78, 5) is 0. The third-order valence-electron chi connectivity index (χ3n) is 6.48. The van der Waals surface area contributed by atoms with Gasteiger partial charge < -0.3 is 10.3 Å². The molecule has 1 fully saturated rings. The number of aromatic nitrogens is 1. The third kappa shape index (κ3) is 4.14. The number of guanidine groups is 1. The minimum absolute atomic E-state index is 0.142. The van der Waals surface area contributed by atoms with Crippen LogP contribution in [0.4, 0.5) is 0 Å². The zero-order chi connectivity index (χ0) is 22.6. The van der Waals surface area contributed by atoms with E-state index < -0.39 is 0 Å². The minimum atomic E-state index is -0.142. The van der Waals surface area contributed by atoms with Crippen molar-refractivity contribution in [2.45, 2.75) is 32.1 Å². The van der Waals surface area contributed by atoms with Gasteiger partial charge in [-0.05, 0) is 36.6 Å². The van der Waals surface area contributed by atoms with E-state index in [1.807, 2.05) is 12.1 Å². The van der Waals surface area contributed by atoms with Crippen molar-refractivity contribution < 1.29 is 0 Å². The first-order valence-corrected chi connectivity index (χ1v) is 11.7. The molecule has 1 aromatic heterocycles. The molecule has 5 heteroatoms. The first kappa shape index (κ1) is 21.0. The van der Waals surface area contributed by atoms with Crippen LogP contribution in [-0.4, -0.2) is 16.2 Å². The van der Waals surface area contributed by atoms with Crippen molar-refractivity contribution in [2.75, 3.05) is 0 Å². The predicted molar refractivity (Wildman–Crippen MR) is 137 cm³/mol. The Labute approximate surface area is 194 Å². The van der Waals surface area contributed by atoms with Crippen LogP contribution in [0.15, 0.2) is 90.0 Å². The predicted octanol–water partition coefficient (Wildman–Crippen LogP) is 6.06. The maximum Gasteiger partial charge on any atom is 0.206 e. The second kappa shape index (κ2) is 9.33. The van der Waals surface area contributed by atoms with Gasteiger partial charge in [-0.2, -0.15) is 5.10 Å². The van der Waals surface area contributed by atoms with Gasteiger partial charge in [-0.1, -0.05) is 86.0 Å². The minimum Gasteiger partial charge on any atom is -0.369 e. The molecule has 1 aliphatic rings. The molecule has 33 heavy (non-hydrogen) atoms. The van der Waals surface area contributed by atoms with E-state index in [9.17, 15) is 0 Å². The van der Waals surface area contributed by atoms with Gasteiger partial charge in [0.2, 0.25) is 5.96 Å². The van der Waals surface area contributed by atoms with Gasteiger partial charge >= 0.3 is 0 Å². The second-order valence-electron chi connectivity index (χ2n) is 8.64. The Morgan fingerprint density at radius 2 is 1.48 bits per heavy atom. The molecule has 0 amide bonds. The van der Waals surface area contributed by atoms with E-state index in [0.29, 0.717) is 5.92 Å². The van der Waals surface area contributed by atoms with E-state index >= 15 is 0 Å². The summed E-state index contributed by atoms with van der Waals surface area (Å²) in [5.41, 5.74) is 15.1. The lowest BCUT2D eigenvalue weighted by molar-refractivity contribution is 0.439. The lowest BCUT2D eigenvalue weighted by Gasteiger charge is -2.24. The van der Waals surface area contributed by atoms with Gasteiger partial charge in [0.25, 0.3) is 0 Å². The molecule has 0 saturated heterocycles. The topological polar surface area (TPSA) is 79.2 Å². The summed E-state index contributed by atoms with van der Waals surface area (Å²) in [6, 6.07) is 29.6. The van der Waals surface area contributed by atoms with Gasteiger partial charge in [-0.3, -0.25) is 5.41 Å². The second-order valence-corrected chi connectivity index (χ2v) is 8.64. The fourth-order valence-electron chi connectivity index (χ4n) is 5.06. The Kier molecular flexibility index (Phi) is 5.94. The molecule has 1 aliphatic carbocycles. The molecule has 4 N–H and O–H groups in total. The average molecular weight is 436 g/mol. The van der Waals surface area contributed by atoms with Crippen molar-refractivity contribution in [1.29, 1.82) is 5.41 Å². The number of nitrogens with one attached hydrogen (secondary N) is 2. The standard InChI is InChI=1S/C28H29N5/c29-28(30)32-31-26(20-12-4-1-5-13-20)25-23-18-10-11-19-24(23)33(22-16-8-3-9-17-22)27(25)21-14-6-2-7-15-21/h2-3,6-11,14-20H,1,4-5,12-13H2,(H4,29,30,32)/b31-26+. The molecule has 166 valence electrons. The van der Waals surface area contributed by atoms with Crippen LogP contribution in [0.25, 0.3) is 27.8 Å². The Morgan fingerprint density at radius 1 is 0.848 bits per heavy atom. The molecule has 1 heterocycles. The van der Waals surface area contributed by atoms with E-state index in [1.165, 1.54) is 19.3 Å². The van der Waals surface area contributed by atoms with Gasteiger partial charge in [0.15, 0.2) is 0 Å². The molecule has 0 spiro atoms. The van der Waals surface area contributed by atoms with E-state index in [-0.39, 0.29) is 5.96 Å². The molecule has 0 aliphatic heterocycles. The quantitative estimate of drug-likeness (QED) is 0.202. The fourth-order valence-corrected chi connectivity index (χ4v) is 5.06. The summed E-state index contributed by atoms with van der Waals surface area (Å²) < 4.78 is 2.34. The summed E-state index contributed by atoms with van der Waals surface area (Å²) in [7, 11) is 0. The molecule has 0 atom stereocenters. The van der Waals surface area contributed by atoms with Crippen LogP contribution in [0.3, 0.4) is 0 Å². The van der Waals surface area contributed by atoms with Crippen molar-refractivity contribution >= 4 is 22.6 Å². The van der Waals surface area contributed by atoms with Gasteiger partial charge in [-0.25, -0.2) is 5.43 Å². The number of hydrogen-bond donors (Lipinski definition) is 3. The van der Waals surface area contributed by atoms with Gasteiger partial charge in [0.05, 0.1) is 16.9 Å². The normalized spacial score (nSPS) is 15.0. The van der Waals surface area contributed by atoms with Crippen molar-refractivity contribution in [3.05, 3.63) is 90.5 Å². The Hall–Kier alpha value is -3.86. The molecule has 5 nitrogen and oxygen atoms in total. The third-order valence-corrected chi connectivity index (χ3v) is 6.48. The van der Waals surface area contributed by atoms with Crippen LogP contribution in [0.5, 0.6) is 0 Å². The summed E-state index contributed by atoms with van der Waals surface area (Å²) in [5, 5.41) is 13.7. The average Bonchev–Trinajstić information content (AvgIpc) is 3.21. The summed E-state index contributed by atoms with van der Waals surface area (Å²) in [6.45, 7) is 0. The molecule has 3 aromatic carbocycles. The van der Waals surface area contributed by atoms with Crippen LogP contribution in [0.2, 0.25) is 0 Å². The molecule has 4 aromatic rings. The maximum atomic E-state index is 7.74. The lowest BCUT2D eigenvalue weighted by Crippen LogP contribution is -2.29. The first-order valence-electron chi connectivity index (χ1n) is 11.7. The van der Waals surface area contributed by atoms with E-state index in [2.05, 4.69) is 82.8 Å². The number of benzene rings is 3. The lowest BCUT2D eigenvalue weighted by atomic mass is 9.82. The molecule has 1 saturated carbocycles. The molecular weight excluding hydrogens is 406 g/mol. The Morgan fingerprint density at radius 3 is 2.18 bits per heavy atom.